The van der Waals surface area contributed by atoms with Gasteiger partial charge in [-0.2, -0.15) is 0 Å². The summed E-state index contributed by atoms with van der Waals surface area (Å²) in [6.07, 6.45) is 2.37. The molecule has 0 aliphatic carbocycles. The van der Waals surface area contributed by atoms with E-state index in [1.165, 1.54) is 16.0 Å². The molecule has 4 rings (SSSR count). The minimum Gasteiger partial charge on any atom is -0.487 e. The Morgan fingerprint density at radius 3 is 2.41 bits per heavy atom. The average molecular weight is 500 g/mol. The monoisotopic (exact) mass is 499 g/mol. The lowest BCUT2D eigenvalue weighted by atomic mass is 9.90. The van der Waals surface area contributed by atoms with Gasteiger partial charge in [0.2, 0.25) is 5.91 Å². The van der Waals surface area contributed by atoms with E-state index >= 15 is 0 Å². The van der Waals surface area contributed by atoms with Crippen LogP contribution in [0.3, 0.4) is 0 Å². The highest BCUT2D eigenvalue weighted by Gasteiger charge is 2.35. The molecule has 3 aromatic carbocycles. The minimum absolute atomic E-state index is 0.168. The Morgan fingerprint density at radius 2 is 1.73 bits per heavy atom. The van der Waals surface area contributed by atoms with Gasteiger partial charge in [-0.05, 0) is 65.6 Å². The molecular weight excluding hydrogens is 462 g/mol. The van der Waals surface area contributed by atoms with E-state index in [2.05, 4.69) is 45.0 Å². The molecule has 0 saturated heterocycles. The number of benzene rings is 3. The van der Waals surface area contributed by atoms with E-state index in [1.54, 1.807) is 0 Å². The summed E-state index contributed by atoms with van der Waals surface area (Å²) in [5, 5.41) is 9.39. The molecule has 0 bridgehead atoms. The number of amides is 1. The van der Waals surface area contributed by atoms with Crippen molar-refractivity contribution < 1.29 is 19.4 Å². The number of rotatable bonds is 10. The molecule has 0 aromatic heterocycles. The Balaban J connectivity index is 1.41. The maximum atomic E-state index is 13.1. The lowest BCUT2D eigenvalue weighted by Crippen LogP contribution is -2.38. The number of nitrogens with zero attached hydrogens (tertiary/aromatic N) is 1. The van der Waals surface area contributed by atoms with E-state index < -0.39 is 5.97 Å². The van der Waals surface area contributed by atoms with Crippen molar-refractivity contribution in [1.82, 2.24) is 4.90 Å². The topological polar surface area (TPSA) is 66.8 Å². The number of aliphatic carboxylic acids is 1. The van der Waals surface area contributed by atoms with Gasteiger partial charge in [-0.15, -0.1) is 0 Å². The standard InChI is InChI=1S/C32H37NO4/c1-22(2)26-12-9-24(10-13-26)19-32(4)20-28-17-25(11-14-29(28)37-32)18-30(34)33(21-31(35)36)16-15-27-8-6-5-7-23(27)3/h5-14,17,22H,15-16,18-21H2,1-4H3,(H,35,36)/t32-/m1/s1. The van der Waals surface area contributed by atoms with Crippen LogP contribution in [0, 0.1) is 6.92 Å². The average Bonchev–Trinajstić information content (AvgIpc) is 3.17. The van der Waals surface area contributed by atoms with Crippen molar-refractivity contribution in [1.29, 1.82) is 0 Å². The smallest absolute Gasteiger partial charge is 0.323 e. The molecule has 0 radical (unpaired) electrons. The molecule has 194 valence electrons. The van der Waals surface area contributed by atoms with E-state index in [0.717, 1.165) is 40.8 Å². The summed E-state index contributed by atoms with van der Waals surface area (Å²) in [5.74, 6) is 0.187. The zero-order valence-corrected chi connectivity index (χ0v) is 22.3. The quantitative estimate of drug-likeness (QED) is 0.386. The van der Waals surface area contributed by atoms with E-state index in [0.29, 0.717) is 18.9 Å². The molecule has 1 amide bonds. The molecule has 5 nitrogen and oxygen atoms in total. The van der Waals surface area contributed by atoms with Gasteiger partial charge in [-0.3, -0.25) is 9.59 Å². The highest BCUT2D eigenvalue weighted by atomic mass is 16.5. The van der Waals surface area contributed by atoms with Crippen molar-refractivity contribution in [2.45, 2.75) is 64.9 Å². The molecule has 0 fully saturated rings. The van der Waals surface area contributed by atoms with Gasteiger partial charge in [0.1, 0.15) is 17.9 Å². The fourth-order valence-corrected chi connectivity index (χ4v) is 5.12. The summed E-state index contributed by atoms with van der Waals surface area (Å²) >= 11 is 0. The van der Waals surface area contributed by atoms with Crippen LogP contribution in [0.5, 0.6) is 5.75 Å². The molecule has 1 aliphatic heterocycles. The third kappa shape index (κ3) is 6.79. The van der Waals surface area contributed by atoms with Crippen molar-refractivity contribution in [2.75, 3.05) is 13.1 Å². The fraction of sp³-hybridized carbons (Fsp3) is 0.375. The number of hydrogen-bond donors (Lipinski definition) is 1. The van der Waals surface area contributed by atoms with Gasteiger partial charge >= 0.3 is 5.97 Å². The van der Waals surface area contributed by atoms with Crippen molar-refractivity contribution in [3.63, 3.8) is 0 Å². The fourth-order valence-electron chi connectivity index (χ4n) is 5.12. The van der Waals surface area contributed by atoms with Crippen LogP contribution in [-0.2, 0) is 35.3 Å². The zero-order chi connectivity index (χ0) is 26.6. The predicted molar refractivity (Wildman–Crippen MR) is 146 cm³/mol. The Bertz CT molecular complexity index is 1260. The highest BCUT2D eigenvalue weighted by molar-refractivity contribution is 5.83. The summed E-state index contributed by atoms with van der Waals surface area (Å²) in [6.45, 7) is 8.62. The molecule has 1 heterocycles. The summed E-state index contributed by atoms with van der Waals surface area (Å²) in [4.78, 5) is 26.0. The molecule has 1 N–H and O–H groups in total. The lowest BCUT2D eigenvalue weighted by molar-refractivity contribution is -0.144. The van der Waals surface area contributed by atoms with Crippen LogP contribution in [0.15, 0.2) is 66.7 Å². The van der Waals surface area contributed by atoms with E-state index in [1.807, 2.05) is 49.4 Å². The zero-order valence-electron chi connectivity index (χ0n) is 22.3. The summed E-state index contributed by atoms with van der Waals surface area (Å²) in [7, 11) is 0. The number of carboxylic acid groups (broad SMARTS) is 1. The van der Waals surface area contributed by atoms with Crippen molar-refractivity contribution in [3.05, 3.63) is 100 Å². The second-order valence-corrected chi connectivity index (χ2v) is 10.8. The molecular formula is C32H37NO4. The first-order valence-electron chi connectivity index (χ1n) is 13.1. The number of carbonyl (C=O) groups excluding carboxylic acids is 1. The van der Waals surface area contributed by atoms with Crippen LogP contribution in [0.2, 0.25) is 0 Å². The van der Waals surface area contributed by atoms with E-state index in [-0.39, 0.29) is 24.5 Å². The Labute approximate surface area is 220 Å². The number of hydrogen-bond acceptors (Lipinski definition) is 3. The summed E-state index contributed by atoms with van der Waals surface area (Å²) in [6, 6.07) is 22.6. The lowest BCUT2D eigenvalue weighted by Gasteiger charge is -2.24. The van der Waals surface area contributed by atoms with Crippen LogP contribution in [-0.4, -0.2) is 40.6 Å². The molecule has 37 heavy (non-hydrogen) atoms. The van der Waals surface area contributed by atoms with Gasteiger partial charge in [-0.25, -0.2) is 0 Å². The first-order valence-corrected chi connectivity index (χ1v) is 13.1. The SMILES string of the molecule is Cc1ccccc1CCN(CC(=O)O)C(=O)Cc1ccc2c(c1)C[C@@](C)(Cc1ccc(C(C)C)cc1)O2. The third-order valence-electron chi connectivity index (χ3n) is 7.22. The third-order valence-corrected chi connectivity index (χ3v) is 7.22. The maximum Gasteiger partial charge on any atom is 0.323 e. The van der Waals surface area contributed by atoms with Crippen LogP contribution >= 0.6 is 0 Å². The Morgan fingerprint density at radius 1 is 1.03 bits per heavy atom. The first-order chi connectivity index (χ1) is 17.6. The van der Waals surface area contributed by atoms with Gasteiger partial charge in [0.05, 0.1) is 6.42 Å². The van der Waals surface area contributed by atoms with Crippen molar-refractivity contribution in [3.8, 4) is 5.75 Å². The molecule has 0 saturated carbocycles. The second kappa shape index (κ2) is 11.2. The Hall–Kier alpha value is -3.60. The summed E-state index contributed by atoms with van der Waals surface area (Å²) in [5.41, 5.74) is 6.47. The number of carbonyl (C=O) groups is 2. The highest BCUT2D eigenvalue weighted by Crippen LogP contribution is 2.37. The molecule has 5 heteroatoms. The molecule has 3 aromatic rings. The molecule has 0 spiro atoms. The van der Waals surface area contributed by atoms with Crippen LogP contribution in [0.1, 0.15) is 60.1 Å². The number of fused-ring (bicyclic) bond motifs is 1. The van der Waals surface area contributed by atoms with Gasteiger partial charge in [-0.1, -0.05) is 74.5 Å². The van der Waals surface area contributed by atoms with Gasteiger partial charge in [0.25, 0.3) is 0 Å². The molecule has 0 unspecified atom stereocenters. The first kappa shape index (κ1) is 26.5. The van der Waals surface area contributed by atoms with Crippen molar-refractivity contribution in [2.24, 2.45) is 0 Å². The normalized spacial score (nSPS) is 16.4. The number of carboxylic acids is 1. The van der Waals surface area contributed by atoms with Crippen LogP contribution < -0.4 is 4.74 Å². The van der Waals surface area contributed by atoms with Crippen molar-refractivity contribution >= 4 is 11.9 Å². The van der Waals surface area contributed by atoms with Crippen LogP contribution in [0.25, 0.3) is 0 Å². The van der Waals surface area contributed by atoms with E-state index in [4.69, 9.17) is 4.74 Å². The number of ether oxygens (including phenoxy) is 1. The minimum atomic E-state index is -1.00. The molecule has 1 aliphatic rings. The second-order valence-electron chi connectivity index (χ2n) is 10.8. The Kier molecular flexibility index (Phi) is 8.01. The van der Waals surface area contributed by atoms with Gasteiger partial charge < -0.3 is 14.7 Å². The van der Waals surface area contributed by atoms with Gasteiger partial charge in [0.15, 0.2) is 0 Å². The maximum absolute atomic E-state index is 13.1. The number of aryl methyl sites for hydroxylation is 1. The molecule has 1 atom stereocenters. The summed E-state index contributed by atoms with van der Waals surface area (Å²) < 4.78 is 6.36. The largest absolute Gasteiger partial charge is 0.487 e. The van der Waals surface area contributed by atoms with Gasteiger partial charge in [0, 0.05) is 19.4 Å². The van der Waals surface area contributed by atoms with E-state index in [9.17, 15) is 14.7 Å². The van der Waals surface area contributed by atoms with Crippen LogP contribution in [0.4, 0.5) is 0 Å². The predicted octanol–water partition coefficient (Wildman–Crippen LogP) is 5.75.